The molecule has 0 fully saturated rings. The second kappa shape index (κ2) is 8.96. The first kappa shape index (κ1) is 23.8. The molecule has 2 aromatic carbocycles. The molecule has 0 saturated carbocycles. The molecule has 184 valence electrons. The molecule has 0 bridgehead atoms. The Morgan fingerprint density at radius 1 is 1.16 bits per heavy atom. The first-order valence-electron chi connectivity index (χ1n) is 11.9. The molecule has 1 amide bonds. The number of aryl methyl sites for hydroxylation is 1. The molecule has 1 N–H and O–H groups in total. The van der Waals surface area contributed by atoms with E-state index in [-0.39, 0.29) is 0 Å². The van der Waals surface area contributed by atoms with Crippen LogP contribution in [0.5, 0.6) is 0 Å². The lowest BCUT2D eigenvalue weighted by atomic mass is 9.86. The number of benzene rings is 2. The van der Waals surface area contributed by atoms with Gasteiger partial charge in [0.2, 0.25) is 11.8 Å². The van der Waals surface area contributed by atoms with Crippen molar-refractivity contribution >= 4 is 33.6 Å². The van der Waals surface area contributed by atoms with E-state index in [4.69, 9.17) is 0 Å². The maximum atomic E-state index is 11.3. The van der Waals surface area contributed by atoms with Crippen LogP contribution in [-0.2, 0) is 12.5 Å². The lowest BCUT2D eigenvalue weighted by molar-refractivity contribution is 0.150. The Balaban J connectivity index is 1.75. The lowest BCUT2D eigenvalue weighted by Gasteiger charge is -2.24. The number of fused-ring (bicyclic) bond motifs is 3. The summed E-state index contributed by atoms with van der Waals surface area (Å²) in [7, 11) is 1.85. The van der Waals surface area contributed by atoms with E-state index in [1.165, 1.54) is 4.90 Å². The zero-order valence-electron chi connectivity index (χ0n) is 20.8. The van der Waals surface area contributed by atoms with Crippen molar-refractivity contribution in [2.45, 2.75) is 25.7 Å². The molecule has 0 spiro atoms. The zero-order chi connectivity index (χ0) is 26.3. The van der Waals surface area contributed by atoms with Crippen LogP contribution in [0.25, 0.3) is 33.2 Å². The monoisotopic (exact) mass is 491 g/mol. The van der Waals surface area contributed by atoms with Crippen molar-refractivity contribution in [2.75, 3.05) is 13.1 Å². The third-order valence-corrected chi connectivity index (χ3v) is 7.03. The van der Waals surface area contributed by atoms with Crippen LogP contribution >= 0.6 is 0 Å². The molecule has 2 aromatic heterocycles. The average molecular weight is 492 g/mol. The van der Waals surface area contributed by atoms with Crippen LogP contribution in [0.2, 0.25) is 0 Å². The average Bonchev–Trinajstić information content (AvgIpc) is 3.20. The van der Waals surface area contributed by atoms with E-state index in [1.807, 2.05) is 78.7 Å². The Morgan fingerprint density at radius 3 is 2.54 bits per heavy atom. The van der Waals surface area contributed by atoms with Crippen LogP contribution in [0.1, 0.15) is 31.4 Å². The molecule has 1 aliphatic rings. The third kappa shape index (κ3) is 4.01. The lowest BCUT2D eigenvalue weighted by Crippen LogP contribution is -2.33. The largest absolute Gasteiger partial charge is 0.465 e. The van der Waals surface area contributed by atoms with E-state index in [0.29, 0.717) is 25.1 Å². The summed E-state index contributed by atoms with van der Waals surface area (Å²) in [4.78, 5) is 21.5. The van der Waals surface area contributed by atoms with Crippen LogP contribution in [0.4, 0.5) is 4.79 Å². The van der Waals surface area contributed by atoms with Crippen LogP contribution in [0, 0.1) is 22.8 Å². The highest BCUT2D eigenvalue weighted by Gasteiger charge is 2.21. The van der Waals surface area contributed by atoms with Crippen molar-refractivity contribution in [1.82, 2.24) is 19.0 Å². The van der Waals surface area contributed by atoms with Crippen molar-refractivity contribution in [2.24, 2.45) is 12.0 Å². The second-order valence-corrected chi connectivity index (χ2v) is 9.62. The normalized spacial score (nSPS) is 14.5. The van der Waals surface area contributed by atoms with Gasteiger partial charge in [0.1, 0.15) is 0 Å². The van der Waals surface area contributed by atoms with Gasteiger partial charge in [-0.1, -0.05) is 24.3 Å². The highest BCUT2D eigenvalue weighted by atomic mass is 16.4. The summed E-state index contributed by atoms with van der Waals surface area (Å²) in [6, 6.07) is 16.1. The van der Waals surface area contributed by atoms with Gasteiger partial charge >= 0.3 is 6.09 Å². The maximum Gasteiger partial charge on any atom is 0.407 e. The van der Waals surface area contributed by atoms with Crippen molar-refractivity contribution < 1.29 is 9.90 Å². The third-order valence-electron chi connectivity index (χ3n) is 7.03. The van der Waals surface area contributed by atoms with Crippen molar-refractivity contribution in [1.29, 1.82) is 10.5 Å². The van der Waals surface area contributed by atoms with E-state index in [9.17, 15) is 20.4 Å². The van der Waals surface area contributed by atoms with Crippen molar-refractivity contribution in [3.8, 4) is 17.9 Å². The van der Waals surface area contributed by atoms with E-state index in [2.05, 4.69) is 22.1 Å². The number of hydrogen-bond donors (Lipinski definition) is 1. The Bertz CT molecular complexity index is 1740. The van der Waals surface area contributed by atoms with E-state index in [0.717, 1.165) is 44.3 Å². The minimum atomic E-state index is -0.914. The number of nitriles is 2. The molecule has 0 atom stereocenters. The Kier molecular flexibility index (Phi) is 5.77. The minimum absolute atomic E-state index is 0.354. The van der Waals surface area contributed by atoms with E-state index in [1.54, 1.807) is 6.20 Å². The molecule has 0 radical (unpaired) electrons. The van der Waals surface area contributed by atoms with Gasteiger partial charge in [0.15, 0.2) is 0 Å². The Labute approximate surface area is 213 Å². The number of aromatic nitrogens is 3. The number of nitrogens with zero attached hydrogens (tertiary/aromatic N) is 7. The molecule has 4 aromatic rings. The SMILES string of the molecule is Cn1c(=NC#N)n(-c2ccc(C(C)(C)C#N)cc2)c2c3cc(C4=CCN(C(=O)O)CC4)ccc3ncc21. The highest BCUT2D eigenvalue weighted by Crippen LogP contribution is 2.31. The van der Waals surface area contributed by atoms with Crippen LogP contribution < -0.4 is 5.62 Å². The smallest absolute Gasteiger partial charge is 0.407 e. The topological polar surface area (TPSA) is 123 Å². The van der Waals surface area contributed by atoms with Crippen LogP contribution in [0.3, 0.4) is 0 Å². The maximum absolute atomic E-state index is 11.3. The molecule has 37 heavy (non-hydrogen) atoms. The standard InChI is InChI=1S/C28H25N7O2/c1-28(2,16-29)20-5-7-21(8-6-20)35-25-22-14-19(18-10-12-34(13-11-18)27(36)37)4-9-23(22)31-15-24(25)33(3)26(35)32-17-30/h4-10,14-15H,11-13H2,1-3H3,(H,36,37). The van der Waals surface area contributed by atoms with Gasteiger partial charge in [0.05, 0.1) is 34.2 Å². The molecular weight excluding hydrogens is 466 g/mol. The first-order valence-corrected chi connectivity index (χ1v) is 11.9. The van der Waals surface area contributed by atoms with E-state index >= 15 is 0 Å². The second-order valence-electron chi connectivity index (χ2n) is 9.62. The number of carboxylic acid groups (broad SMARTS) is 1. The number of hydrogen-bond acceptors (Lipinski definition) is 5. The van der Waals surface area contributed by atoms with Gasteiger partial charge in [-0.15, -0.1) is 4.99 Å². The fourth-order valence-electron chi connectivity index (χ4n) is 4.82. The minimum Gasteiger partial charge on any atom is -0.465 e. The molecule has 5 rings (SSSR count). The van der Waals surface area contributed by atoms with Crippen LogP contribution in [-0.4, -0.2) is 43.3 Å². The van der Waals surface area contributed by atoms with E-state index < -0.39 is 11.5 Å². The summed E-state index contributed by atoms with van der Waals surface area (Å²) in [6.45, 7) is 4.55. The highest BCUT2D eigenvalue weighted by molar-refractivity contribution is 6.04. The quantitative estimate of drug-likeness (QED) is 0.424. The number of carbonyl (C=O) groups is 1. The fourth-order valence-corrected chi connectivity index (χ4v) is 4.82. The molecule has 9 heteroatoms. The van der Waals surface area contributed by atoms with Gasteiger partial charge in [0, 0.05) is 31.2 Å². The molecule has 0 unspecified atom stereocenters. The Hall–Kier alpha value is -4.89. The van der Waals surface area contributed by atoms with Crippen molar-refractivity contribution in [3.05, 3.63) is 71.5 Å². The number of rotatable bonds is 3. The number of imidazole rings is 1. The Morgan fingerprint density at radius 2 is 1.92 bits per heavy atom. The molecule has 9 nitrogen and oxygen atoms in total. The number of amides is 1. The van der Waals surface area contributed by atoms with Gasteiger partial charge in [-0.3, -0.25) is 9.55 Å². The summed E-state index contributed by atoms with van der Waals surface area (Å²) < 4.78 is 3.78. The summed E-state index contributed by atoms with van der Waals surface area (Å²) in [6.07, 6.45) is 5.37. The first-order chi connectivity index (χ1) is 17.7. The van der Waals surface area contributed by atoms with Gasteiger partial charge in [-0.2, -0.15) is 10.5 Å². The molecule has 0 saturated heterocycles. The van der Waals surface area contributed by atoms with Gasteiger partial charge in [0.25, 0.3) is 0 Å². The zero-order valence-corrected chi connectivity index (χ0v) is 20.8. The summed E-state index contributed by atoms with van der Waals surface area (Å²) >= 11 is 0. The van der Waals surface area contributed by atoms with Crippen molar-refractivity contribution in [3.63, 3.8) is 0 Å². The van der Waals surface area contributed by atoms with Gasteiger partial charge < -0.3 is 14.6 Å². The summed E-state index contributed by atoms with van der Waals surface area (Å²) in [5.41, 5.74) is 6.10. The van der Waals surface area contributed by atoms with Crippen LogP contribution in [0.15, 0.2) is 59.7 Å². The molecule has 3 heterocycles. The number of pyridine rings is 1. The fraction of sp³-hybridized carbons (Fsp3) is 0.250. The molecular formula is C28H25N7O2. The predicted octanol–water partition coefficient (Wildman–Crippen LogP) is 4.47. The molecule has 1 aliphatic heterocycles. The summed E-state index contributed by atoms with van der Waals surface area (Å²) in [5, 5.41) is 29.2. The van der Waals surface area contributed by atoms with Gasteiger partial charge in [-0.05, 0) is 61.2 Å². The predicted molar refractivity (Wildman–Crippen MR) is 140 cm³/mol. The summed E-state index contributed by atoms with van der Waals surface area (Å²) in [5.74, 6) is 0. The molecule has 0 aliphatic carbocycles. The van der Waals surface area contributed by atoms with Gasteiger partial charge in [-0.25, -0.2) is 4.79 Å².